The molecule has 0 fully saturated rings. The van der Waals surface area contributed by atoms with Gasteiger partial charge in [-0.25, -0.2) is 4.98 Å². The van der Waals surface area contributed by atoms with Gasteiger partial charge in [0.2, 0.25) is 0 Å². The summed E-state index contributed by atoms with van der Waals surface area (Å²) in [6.45, 7) is 2.19. The van der Waals surface area contributed by atoms with E-state index in [0.717, 1.165) is 16.3 Å². The highest BCUT2D eigenvalue weighted by Gasteiger charge is 2.06. The molecule has 0 aliphatic carbocycles. The lowest BCUT2D eigenvalue weighted by atomic mass is 10.2. The van der Waals surface area contributed by atoms with Gasteiger partial charge in [0.1, 0.15) is 17.4 Å². The van der Waals surface area contributed by atoms with Crippen molar-refractivity contribution in [2.75, 3.05) is 18.9 Å². The molecule has 0 saturated heterocycles. The van der Waals surface area contributed by atoms with Crippen LogP contribution in [0.15, 0.2) is 23.6 Å². The van der Waals surface area contributed by atoms with Crippen molar-refractivity contribution >= 4 is 17.0 Å². The Kier molecular flexibility index (Phi) is 3.61. The summed E-state index contributed by atoms with van der Waals surface area (Å²) in [4.78, 5) is 4.40. The second-order valence-corrected chi connectivity index (χ2v) is 4.48. The van der Waals surface area contributed by atoms with Crippen LogP contribution in [0.4, 0.5) is 5.69 Å². The van der Waals surface area contributed by atoms with E-state index < -0.39 is 0 Å². The Morgan fingerprint density at radius 1 is 1.47 bits per heavy atom. The van der Waals surface area contributed by atoms with Crippen molar-refractivity contribution in [3.05, 3.63) is 29.3 Å². The van der Waals surface area contributed by atoms with Crippen molar-refractivity contribution in [3.8, 4) is 16.3 Å². The molecule has 1 aromatic heterocycles. The molecule has 3 N–H and O–H groups in total. The number of aromatic nitrogens is 1. The van der Waals surface area contributed by atoms with Gasteiger partial charge in [-0.1, -0.05) is 0 Å². The number of anilines is 1. The molecule has 5 heteroatoms. The zero-order valence-corrected chi connectivity index (χ0v) is 10.3. The Hall–Kier alpha value is -1.59. The molecule has 1 heterocycles. The number of aryl methyl sites for hydroxylation is 1. The molecule has 2 aromatic rings. The molecule has 4 nitrogen and oxygen atoms in total. The van der Waals surface area contributed by atoms with Crippen LogP contribution in [0.25, 0.3) is 10.6 Å². The van der Waals surface area contributed by atoms with E-state index >= 15 is 0 Å². The van der Waals surface area contributed by atoms with Gasteiger partial charge in [-0.15, -0.1) is 11.3 Å². The number of aliphatic hydroxyl groups excluding tert-OH is 1. The van der Waals surface area contributed by atoms with Crippen molar-refractivity contribution in [1.29, 1.82) is 0 Å². The molecule has 0 aliphatic rings. The third kappa shape index (κ3) is 2.75. The molecule has 0 radical (unpaired) electrons. The first-order valence-electron chi connectivity index (χ1n) is 5.26. The fourth-order valence-corrected chi connectivity index (χ4v) is 2.25. The molecule has 0 amide bonds. The van der Waals surface area contributed by atoms with Crippen LogP contribution in [0.5, 0.6) is 5.75 Å². The van der Waals surface area contributed by atoms with Crippen molar-refractivity contribution in [2.45, 2.75) is 6.92 Å². The number of thiazole rings is 1. The first kappa shape index (κ1) is 11.9. The summed E-state index contributed by atoms with van der Waals surface area (Å²) in [5.74, 6) is 0.594. The van der Waals surface area contributed by atoms with Crippen molar-refractivity contribution in [1.82, 2.24) is 4.98 Å². The lowest BCUT2D eigenvalue weighted by molar-refractivity contribution is 0.202. The predicted molar refractivity (Wildman–Crippen MR) is 69.3 cm³/mol. The van der Waals surface area contributed by atoms with Gasteiger partial charge in [0.05, 0.1) is 12.3 Å². The van der Waals surface area contributed by atoms with E-state index in [1.807, 2.05) is 24.4 Å². The maximum Gasteiger partial charge on any atom is 0.142 e. The Morgan fingerprint density at radius 2 is 2.29 bits per heavy atom. The smallest absolute Gasteiger partial charge is 0.142 e. The molecule has 17 heavy (non-hydrogen) atoms. The molecular weight excluding hydrogens is 236 g/mol. The summed E-state index contributed by atoms with van der Waals surface area (Å²) in [5, 5.41) is 11.6. The van der Waals surface area contributed by atoms with E-state index in [4.69, 9.17) is 15.6 Å². The standard InChI is InChI=1S/C12H14N2O2S/c1-8-7-17-12(14-8)9-2-3-11(10(13)6-9)16-5-4-15/h2-3,6-7,15H,4-5,13H2,1H3. The molecule has 0 unspecified atom stereocenters. The van der Waals surface area contributed by atoms with Crippen molar-refractivity contribution in [2.24, 2.45) is 0 Å². The maximum absolute atomic E-state index is 8.68. The van der Waals surface area contributed by atoms with E-state index in [1.54, 1.807) is 17.4 Å². The van der Waals surface area contributed by atoms with Crippen LogP contribution < -0.4 is 10.5 Å². The second kappa shape index (κ2) is 5.16. The first-order chi connectivity index (χ1) is 8.20. The molecular formula is C12H14N2O2S. The average molecular weight is 250 g/mol. The van der Waals surface area contributed by atoms with Crippen LogP contribution in [-0.2, 0) is 0 Å². The van der Waals surface area contributed by atoms with Crippen LogP contribution in [0, 0.1) is 6.92 Å². The Balaban J connectivity index is 2.24. The Morgan fingerprint density at radius 3 is 2.88 bits per heavy atom. The average Bonchev–Trinajstić information content (AvgIpc) is 2.74. The fraction of sp³-hybridized carbons (Fsp3) is 0.250. The predicted octanol–water partition coefficient (Wildman–Crippen LogP) is 2.07. The summed E-state index contributed by atoms with van der Waals surface area (Å²) in [6.07, 6.45) is 0. The third-order valence-corrected chi connectivity index (χ3v) is 3.23. The van der Waals surface area contributed by atoms with Crippen LogP contribution in [-0.4, -0.2) is 23.3 Å². The summed E-state index contributed by atoms with van der Waals surface area (Å²) in [7, 11) is 0. The van der Waals surface area contributed by atoms with Gasteiger partial charge >= 0.3 is 0 Å². The highest BCUT2D eigenvalue weighted by molar-refractivity contribution is 7.13. The highest BCUT2D eigenvalue weighted by atomic mass is 32.1. The number of nitrogen functional groups attached to an aromatic ring is 1. The number of nitrogens with two attached hydrogens (primary N) is 1. The van der Waals surface area contributed by atoms with Crippen molar-refractivity contribution in [3.63, 3.8) is 0 Å². The lowest BCUT2D eigenvalue weighted by Gasteiger charge is -2.08. The minimum Gasteiger partial charge on any atom is -0.489 e. The van der Waals surface area contributed by atoms with E-state index in [1.165, 1.54) is 0 Å². The van der Waals surface area contributed by atoms with Crippen LogP contribution in [0.1, 0.15) is 5.69 Å². The van der Waals surface area contributed by atoms with E-state index in [-0.39, 0.29) is 13.2 Å². The second-order valence-electron chi connectivity index (χ2n) is 3.62. The lowest BCUT2D eigenvalue weighted by Crippen LogP contribution is -2.03. The third-order valence-electron chi connectivity index (χ3n) is 2.22. The number of benzene rings is 1. The number of nitrogens with zero attached hydrogens (tertiary/aromatic N) is 1. The highest BCUT2D eigenvalue weighted by Crippen LogP contribution is 2.30. The minimum absolute atomic E-state index is 0.0210. The summed E-state index contributed by atoms with van der Waals surface area (Å²) >= 11 is 1.59. The molecule has 0 bridgehead atoms. The van der Waals surface area contributed by atoms with Gasteiger partial charge < -0.3 is 15.6 Å². The Labute approximate surface area is 104 Å². The van der Waals surface area contributed by atoms with Gasteiger partial charge in [0.15, 0.2) is 0 Å². The summed E-state index contributed by atoms with van der Waals surface area (Å²) in [6, 6.07) is 5.56. The largest absolute Gasteiger partial charge is 0.489 e. The number of ether oxygens (including phenoxy) is 1. The number of rotatable bonds is 4. The molecule has 0 spiro atoms. The zero-order valence-electron chi connectivity index (χ0n) is 9.51. The minimum atomic E-state index is -0.0210. The van der Waals surface area contributed by atoms with Gasteiger partial charge in [-0.05, 0) is 25.1 Å². The van der Waals surface area contributed by atoms with E-state index in [2.05, 4.69) is 4.98 Å². The van der Waals surface area contributed by atoms with Gasteiger partial charge in [-0.2, -0.15) is 0 Å². The maximum atomic E-state index is 8.68. The first-order valence-corrected chi connectivity index (χ1v) is 6.14. The number of hydrogen-bond acceptors (Lipinski definition) is 5. The topological polar surface area (TPSA) is 68.4 Å². The fourth-order valence-electron chi connectivity index (χ4n) is 1.46. The molecule has 0 aliphatic heterocycles. The molecule has 90 valence electrons. The van der Waals surface area contributed by atoms with Crippen LogP contribution in [0.2, 0.25) is 0 Å². The van der Waals surface area contributed by atoms with Gasteiger partial charge in [0, 0.05) is 16.6 Å². The molecule has 2 rings (SSSR count). The van der Waals surface area contributed by atoms with E-state index in [0.29, 0.717) is 11.4 Å². The number of hydrogen-bond donors (Lipinski definition) is 2. The van der Waals surface area contributed by atoms with E-state index in [9.17, 15) is 0 Å². The molecule has 0 saturated carbocycles. The monoisotopic (exact) mass is 250 g/mol. The normalized spacial score (nSPS) is 10.5. The Bertz CT molecular complexity index is 511. The SMILES string of the molecule is Cc1csc(-c2ccc(OCCO)c(N)c2)n1. The summed E-state index contributed by atoms with van der Waals surface area (Å²) < 4.78 is 5.29. The van der Waals surface area contributed by atoms with Gasteiger partial charge in [-0.3, -0.25) is 0 Å². The quantitative estimate of drug-likeness (QED) is 0.815. The van der Waals surface area contributed by atoms with Crippen LogP contribution in [0.3, 0.4) is 0 Å². The molecule has 1 aromatic carbocycles. The summed E-state index contributed by atoms with van der Waals surface area (Å²) in [5.41, 5.74) is 8.42. The van der Waals surface area contributed by atoms with Crippen LogP contribution >= 0.6 is 11.3 Å². The van der Waals surface area contributed by atoms with Gasteiger partial charge in [0.25, 0.3) is 0 Å². The number of aliphatic hydroxyl groups is 1. The molecule has 0 atom stereocenters. The van der Waals surface area contributed by atoms with Crippen molar-refractivity contribution < 1.29 is 9.84 Å². The zero-order chi connectivity index (χ0) is 12.3.